The maximum atomic E-state index is 12.5. The molecule has 0 radical (unpaired) electrons. The van der Waals surface area contributed by atoms with Gasteiger partial charge in [0.2, 0.25) is 5.91 Å². The van der Waals surface area contributed by atoms with Gasteiger partial charge in [-0.2, -0.15) is 0 Å². The summed E-state index contributed by atoms with van der Waals surface area (Å²) in [5.74, 6) is 0.226. The van der Waals surface area contributed by atoms with E-state index in [9.17, 15) is 9.59 Å². The van der Waals surface area contributed by atoms with Crippen LogP contribution in [0.15, 0.2) is 42.5 Å². The summed E-state index contributed by atoms with van der Waals surface area (Å²) in [6, 6.07) is 13.0. The van der Waals surface area contributed by atoms with Crippen LogP contribution in [-0.4, -0.2) is 17.9 Å². The monoisotopic (exact) mass is 354 g/mol. The Balaban J connectivity index is 2.06. The number of amides is 2. The second-order valence-electron chi connectivity index (χ2n) is 6.74. The maximum Gasteiger partial charge on any atom is 0.265 e. The molecule has 2 rings (SSSR count). The largest absolute Gasteiger partial charge is 0.481 e. The minimum absolute atomic E-state index is 0.0673. The van der Waals surface area contributed by atoms with Gasteiger partial charge >= 0.3 is 0 Å². The number of ether oxygens (including phenoxy) is 1. The fraction of sp³-hybridized carbons (Fsp3) is 0.333. The lowest BCUT2D eigenvalue weighted by molar-refractivity contribution is -0.122. The van der Waals surface area contributed by atoms with Crippen molar-refractivity contribution in [2.75, 3.05) is 10.6 Å². The highest BCUT2D eigenvalue weighted by atomic mass is 16.5. The number of carbonyl (C=O) groups excluding carboxylic acids is 2. The molecular formula is C21H26N2O3. The average molecular weight is 354 g/mol. The lowest BCUT2D eigenvalue weighted by atomic mass is 10.1. The summed E-state index contributed by atoms with van der Waals surface area (Å²) in [5, 5.41) is 5.71. The molecular weight excluding hydrogens is 328 g/mol. The van der Waals surface area contributed by atoms with Crippen LogP contribution in [0.4, 0.5) is 11.4 Å². The van der Waals surface area contributed by atoms with Crippen molar-refractivity contribution in [3.8, 4) is 5.75 Å². The molecule has 0 aliphatic heterocycles. The van der Waals surface area contributed by atoms with Crippen LogP contribution < -0.4 is 15.4 Å². The Bertz CT molecular complexity index is 800. The lowest BCUT2D eigenvalue weighted by Crippen LogP contribution is -2.30. The molecule has 5 nitrogen and oxygen atoms in total. The van der Waals surface area contributed by atoms with Crippen molar-refractivity contribution >= 4 is 23.2 Å². The Hall–Kier alpha value is -2.82. The van der Waals surface area contributed by atoms with Gasteiger partial charge in [0.1, 0.15) is 5.75 Å². The molecule has 0 saturated heterocycles. The summed E-state index contributed by atoms with van der Waals surface area (Å²) in [6.07, 6.45) is -0.648. The average Bonchev–Trinajstić information content (AvgIpc) is 2.57. The standard InChI is InChI=1S/C21H26N2O3/c1-13(2)20(24)22-17-10-9-15(4)19(12-17)23-21(25)16(5)26-18-8-6-7-14(3)11-18/h6-13,16H,1-5H3,(H,22,24)(H,23,25). The molecule has 2 N–H and O–H groups in total. The molecule has 2 aromatic carbocycles. The molecule has 0 heterocycles. The predicted molar refractivity (Wildman–Crippen MR) is 105 cm³/mol. The smallest absolute Gasteiger partial charge is 0.265 e. The first kappa shape index (κ1) is 19.5. The van der Waals surface area contributed by atoms with E-state index in [0.29, 0.717) is 17.1 Å². The van der Waals surface area contributed by atoms with Crippen LogP contribution >= 0.6 is 0 Å². The van der Waals surface area contributed by atoms with Crippen molar-refractivity contribution in [2.45, 2.75) is 40.7 Å². The van der Waals surface area contributed by atoms with E-state index in [1.54, 1.807) is 13.0 Å². The van der Waals surface area contributed by atoms with E-state index in [4.69, 9.17) is 4.74 Å². The van der Waals surface area contributed by atoms with Gasteiger partial charge in [-0.1, -0.05) is 32.0 Å². The number of carbonyl (C=O) groups is 2. The lowest BCUT2D eigenvalue weighted by Gasteiger charge is -2.17. The third kappa shape index (κ3) is 5.34. The summed E-state index contributed by atoms with van der Waals surface area (Å²) in [4.78, 5) is 24.3. The van der Waals surface area contributed by atoms with Crippen LogP contribution in [0.2, 0.25) is 0 Å². The molecule has 1 unspecified atom stereocenters. The number of hydrogen-bond donors (Lipinski definition) is 2. The van der Waals surface area contributed by atoms with Crippen molar-refractivity contribution < 1.29 is 14.3 Å². The Morgan fingerprint density at radius 3 is 2.31 bits per heavy atom. The second-order valence-corrected chi connectivity index (χ2v) is 6.74. The normalized spacial score (nSPS) is 11.8. The van der Waals surface area contributed by atoms with E-state index >= 15 is 0 Å². The van der Waals surface area contributed by atoms with Crippen molar-refractivity contribution in [1.29, 1.82) is 0 Å². The molecule has 2 aromatic rings. The van der Waals surface area contributed by atoms with Crippen molar-refractivity contribution in [3.05, 3.63) is 53.6 Å². The first-order chi connectivity index (χ1) is 12.3. The minimum atomic E-state index is -0.648. The fourth-order valence-corrected chi connectivity index (χ4v) is 2.30. The minimum Gasteiger partial charge on any atom is -0.481 e. The Kier molecular flexibility index (Phi) is 6.39. The molecule has 26 heavy (non-hydrogen) atoms. The highest BCUT2D eigenvalue weighted by Crippen LogP contribution is 2.22. The van der Waals surface area contributed by atoms with Crippen LogP contribution in [0, 0.1) is 19.8 Å². The van der Waals surface area contributed by atoms with E-state index in [0.717, 1.165) is 11.1 Å². The van der Waals surface area contributed by atoms with Crippen molar-refractivity contribution in [1.82, 2.24) is 0 Å². The third-order valence-corrected chi connectivity index (χ3v) is 3.96. The van der Waals surface area contributed by atoms with E-state index in [1.165, 1.54) is 0 Å². The SMILES string of the molecule is Cc1cccc(OC(C)C(=O)Nc2cc(NC(=O)C(C)C)ccc2C)c1. The Morgan fingerprint density at radius 1 is 0.923 bits per heavy atom. The Morgan fingerprint density at radius 2 is 1.65 bits per heavy atom. The molecule has 0 aliphatic rings. The second kappa shape index (κ2) is 8.52. The van der Waals surface area contributed by atoms with Crippen LogP contribution in [0.25, 0.3) is 0 Å². The number of aryl methyl sites for hydroxylation is 2. The van der Waals surface area contributed by atoms with E-state index < -0.39 is 6.10 Å². The molecule has 0 aliphatic carbocycles. The maximum absolute atomic E-state index is 12.5. The zero-order valence-corrected chi connectivity index (χ0v) is 15.9. The van der Waals surface area contributed by atoms with Crippen LogP contribution in [0.3, 0.4) is 0 Å². The van der Waals surface area contributed by atoms with Gasteiger partial charge in [0.15, 0.2) is 6.10 Å². The summed E-state index contributed by atoms with van der Waals surface area (Å²) < 4.78 is 5.71. The van der Waals surface area contributed by atoms with Gasteiger partial charge < -0.3 is 15.4 Å². The van der Waals surface area contributed by atoms with Gasteiger partial charge in [0.05, 0.1) is 0 Å². The topological polar surface area (TPSA) is 67.4 Å². The first-order valence-electron chi connectivity index (χ1n) is 8.72. The molecule has 138 valence electrons. The zero-order chi connectivity index (χ0) is 19.3. The van der Waals surface area contributed by atoms with Gasteiger partial charge in [0, 0.05) is 17.3 Å². The Labute approximate surface area is 154 Å². The number of hydrogen-bond acceptors (Lipinski definition) is 3. The molecule has 0 spiro atoms. The molecule has 0 fully saturated rings. The van der Waals surface area contributed by atoms with E-state index in [-0.39, 0.29) is 17.7 Å². The van der Waals surface area contributed by atoms with Gasteiger partial charge in [0.25, 0.3) is 5.91 Å². The molecule has 2 amide bonds. The summed E-state index contributed by atoms with van der Waals surface area (Å²) in [5.41, 5.74) is 3.27. The van der Waals surface area contributed by atoms with E-state index in [1.807, 2.05) is 64.1 Å². The van der Waals surface area contributed by atoms with Gasteiger partial charge in [-0.3, -0.25) is 9.59 Å². The van der Waals surface area contributed by atoms with Crippen LogP contribution in [0.1, 0.15) is 31.9 Å². The van der Waals surface area contributed by atoms with E-state index in [2.05, 4.69) is 10.6 Å². The highest BCUT2D eigenvalue weighted by Gasteiger charge is 2.16. The van der Waals surface area contributed by atoms with Gasteiger partial charge in [-0.15, -0.1) is 0 Å². The first-order valence-corrected chi connectivity index (χ1v) is 8.72. The van der Waals surface area contributed by atoms with Crippen LogP contribution in [-0.2, 0) is 9.59 Å². The fourth-order valence-electron chi connectivity index (χ4n) is 2.30. The van der Waals surface area contributed by atoms with Crippen molar-refractivity contribution in [2.24, 2.45) is 5.92 Å². The number of benzene rings is 2. The third-order valence-electron chi connectivity index (χ3n) is 3.96. The number of rotatable bonds is 6. The summed E-state index contributed by atoms with van der Waals surface area (Å²) >= 11 is 0. The van der Waals surface area contributed by atoms with Gasteiger partial charge in [-0.25, -0.2) is 0 Å². The highest BCUT2D eigenvalue weighted by molar-refractivity contribution is 5.97. The molecule has 0 bridgehead atoms. The predicted octanol–water partition coefficient (Wildman–Crippen LogP) is 4.30. The zero-order valence-electron chi connectivity index (χ0n) is 15.9. The van der Waals surface area contributed by atoms with Crippen molar-refractivity contribution in [3.63, 3.8) is 0 Å². The summed E-state index contributed by atoms with van der Waals surface area (Å²) in [7, 11) is 0. The summed E-state index contributed by atoms with van der Waals surface area (Å²) in [6.45, 7) is 9.23. The molecule has 0 aromatic heterocycles. The number of anilines is 2. The quantitative estimate of drug-likeness (QED) is 0.812. The van der Waals surface area contributed by atoms with Gasteiger partial charge in [-0.05, 0) is 56.2 Å². The molecule has 0 saturated carbocycles. The van der Waals surface area contributed by atoms with Crippen LogP contribution in [0.5, 0.6) is 5.75 Å². The molecule has 5 heteroatoms. The molecule has 1 atom stereocenters. The number of nitrogens with one attached hydrogen (secondary N) is 2.